The van der Waals surface area contributed by atoms with Gasteiger partial charge in [-0.2, -0.15) is 0 Å². The van der Waals surface area contributed by atoms with Crippen LogP contribution in [0.25, 0.3) is 0 Å². The lowest BCUT2D eigenvalue weighted by Gasteiger charge is -2.25. The van der Waals surface area contributed by atoms with Crippen molar-refractivity contribution in [2.75, 3.05) is 11.9 Å². The smallest absolute Gasteiger partial charge is 0.325 e. The molecule has 1 heterocycles. The van der Waals surface area contributed by atoms with Crippen molar-refractivity contribution in [1.29, 1.82) is 0 Å². The molecule has 0 bridgehead atoms. The maximum absolute atomic E-state index is 13.1. The van der Waals surface area contributed by atoms with Crippen LogP contribution in [-0.2, 0) is 15.1 Å². The minimum Gasteiger partial charge on any atom is -0.457 e. The van der Waals surface area contributed by atoms with Crippen LogP contribution in [0.15, 0.2) is 78.9 Å². The van der Waals surface area contributed by atoms with Crippen molar-refractivity contribution >= 4 is 23.5 Å². The highest BCUT2D eigenvalue weighted by Gasteiger charge is 2.51. The average Bonchev–Trinajstić information content (AvgIpc) is 3.07. The number of rotatable bonds is 7. The number of carbonyl (C=O) groups is 3. The highest BCUT2D eigenvalue weighted by atomic mass is 16.5. The highest BCUT2D eigenvalue weighted by molar-refractivity contribution is 6.10. The summed E-state index contributed by atoms with van der Waals surface area (Å²) in [5, 5.41) is 5.50. The van der Waals surface area contributed by atoms with Crippen LogP contribution in [-0.4, -0.2) is 29.3 Å². The van der Waals surface area contributed by atoms with E-state index in [-0.39, 0.29) is 6.54 Å². The Hall–Kier alpha value is -4.13. The Balaban J connectivity index is 1.40. The van der Waals surface area contributed by atoms with Gasteiger partial charge in [-0.05, 0) is 55.3 Å². The van der Waals surface area contributed by atoms with Crippen LogP contribution >= 0.6 is 0 Å². The van der Waals surface area contributed by atoms with Crippen molar-refractivity contribution in [3.05, 3.63) is 90.0 Å². The van der Waals surface area contributed by atoms with Crippen molar-refractivity contribution in [1.82, 2.24) is 10.2 Å². The molecule has 1 saturated heterocycles. The van der Waals surface area contributed by atoms with E-state index in [0.717, 1.165) is 10.5 Å². The summed E-state index contributed by atoms with van der Waals surface area (Å²) in [6, 6.07) is 23.1. The van der Waals surface area contributed by atoms with E-state index < -0.39 is 23.4 Å². The lowest BCUT2D eigenvalue weighted by Crippen LogP contribution is -2.44. The lowest BCUT2D eigenvalue weighted by molar-refractivity contribution is -0.134. The number of nitrogens with one attached hydrogen (secondary N) is 2. The third-order valence-corrected chi connectivity index (χ3v) is 5.67. The zero-order valence-corrected chi connectivity index (χ0v) is 18.5. The van der Waals surface area contributed by atoms with Gasteiger partial charge in [-0.15, -0.1) is 0 Å². The Morgan fingerprint density at radius 2 is 1.55 bits per heavy atom. The van der Waals surface area contributed by atoms with Crippen molar-refractivity contribution < 1.29 is 19.1 Å². The van der Waals surface area contributed by atoms with Crippen LogP contribution in [0, 0.1) is 6.92 Å². The number of hydrogen-bond donors (Lipinski definition) is 2. The van der Waals surface area contributed by atoms with E-state index >= 15 is 0 Å². The second kappa shape index (κ2) is 9.16. The minimum absolute atomic E-state index is 0.374. The maximum atomic E-state index is 13.1. The van der Waals surface area contributed by atoms with Gasteiger partial charge in [0.2, 0.25) is 5.91 Å². The summed E-state index contributed by atoms with van der Waals surface area (Å²) >= 11 is 0. The molecule has 1 aliphatic heterocycles. The predicted octanol–water partition coefficient (Wildman–Crippen LogP) is 4.58. The fourth-order valence-corrected chi connectivity index (χ4v) is 3.82. The molecule has 2 N–H and O–H groups in total. The molecule has 1 atom stereocenters. The first-order valence-corrected chi connectivity index (χ1v) is 10.8. The number of nitrogens with zero attached hydrogens (tertiary/aromatic N) is 1. The molecule has 7 heteroatoms. The quantitative estimate of drug-likeness (QED) is 0.523. The summed E-state index contributed by atoms with van der Waals surface area (Å²) in [7, 11) is 0. The summed E-state index contributed by atoms with van der Waals surface area (Å²) in [4.78, 5) is 39.2. The monoisotopic (exact) mass is 443 g/mol. The first-order chi connectivity index (χ1) is 15.9. The minimum atomic E-state index is -1.16. The summed E-state index contributed by atoms with van der Waals surface area (Å²) in [6.07, 6.45) is 0.377. The molecule has 0 unspecified atom stereocenters. The van der Waals surface area contributed by atoms with Crippen LogP contribution in [0.5, 0.6) is 11.5 Å². The van der Waals surface area contributed by atoms with Gasteiger partial charge in [-0.25, -0.2) is 4.79 Å². The number of carbonyl (C=O) groups excluding carboxylic acids is 3. The Bertz CT molecular complexity index is 1160. The predicted molar refractivity (Wildman–Crippen MR) is 125 cm³/mol. The number of urea groups is 1. The van der Waals surface area contributed by atoms with E-state index in [2.05, 4.69) is 10.6 Å². The van der Waals surface area contributed by atoms with Crippen molar-refractivity contribution in [2.24, 2.45) is 0 Å². The molecule has 168 valence electrons. The Labute approximate surface area is 192 Å². The van der Waals surface area contributed by atoms with Gasteiger partial charge >= 0.3 is 6.03 Å². The fourth-order valence-electron chi connectivity index (χ4n) is 3.82. The Kier molecular flexibility index (Phi) is 6.13. The van der Waals surface area contributed by atoms with E-state index in [1.807, 2.05) is 56.3 Å². The molecule has 0 aliphatic carbocycles. The molecular weight excluding hydrogens is 418 g/mol. The largest absolute Gasteiger partial charge is 0.457 e. The topological polar surface area (TPSA) is 87.7 Å². The third-order valence-electron chi connectivity index (χ3n) is 5.67. The molecule has 0 spiro atoms. The molecular formula is C26H25N3O4. The molecule has 3 aromatic rings. The summed E-state index contributed by atoms with van der Waals surface area (Å²) < 4.78 is 5.79. The van der Waals surface area contributed by atoms with Gasteiger partial charge < -0.3 is 15.4 Å². The first-order valence-electron chi connectivity index (χ1n) is 10.8. The number of anilines is 1. The molecule has 33 heavy (non-hydrogen) atoms. The van der Waals surface area contributed by atoms with E-state index in [1.54, 1.807) is 36.4 Å². The zero-order chi connectivity index (χ0) is 23.4. The number of benzene rings is 3. The summed E-state index contributed by atoms with van der Waals surface area (Å²) in [5.74, 6) is 0.444. The Morgan fingerprint density at radius 3 is 2.15 bits per heavy atom. The van der Waals surface area contributed by atoms with Gasteiger partial charge in [0.15, 0.2) is 0 Å². The second-order valence-corrected chi connectivity index (χ2v) is 7.93. The molecule has 0 radical (unpaired) electrons. The van der Waals surface area contributed by atoms with Crippen LogP contribution in [0.2, 0.25) is 0 Å². The summed E-state index contributed by atoms with van der Waals surface area (Å²) in [6.45, 7) is 3.46. The normalized spacial score (nSPS) is 17.6. The van der Waals surface area contributed by atoms with E-state index in [9.17, 15) is 14.4 Å². The van der Waals surface area contributed by atoms with Crippen molar-refractivity contribution in [3.8, 4) is 11.5 Å². The van der Waals surface area contributed by atoms with Gasteiger partial charge in [0.25, 0.3) is 5.91 Å². The van der Waals surface area contributed by atoms with Gasteiger partial charge in [0, 0.05) is 5.69 Å². The van der Waals surface area contributed by atoms with Crippen LogP contribution in [0.1, 0.15) is 24.5 Å². The Morgan fingerprint density at radius 1 is 0.939 bits per heavy atom. The average molecular weight is 444 g/mol. The third kappa shape index (κ3) is 4.57. The molecule has 1 fully saturated rings. The van der Waals surface area contributed by atoms with E-state index in [4.69, 9.17) is 4.74 Å². The van der Waals surface area contributed by atoms with E-state index in [0.29, 0.717) is 29.2 Å². The standard InChI is InChI=1S/C26H25N3O4/c1-3-26(19-7-5-4-6-8-19)24(31)29(25(32)28-26)17-23(30)27-20-11-15-22(16-12-20)33-21-13-9-18(2)10-14-21/h4-16H,3,17H2,1-2H3,(H,27,30)(H,28,32)/t26-/m0/s1. The van der Waals surface area contributed by atoms with Crippen molar-refractivity contribution in [2.45, 2.75) is 25.8 Å². The zero-order valence-electron chi connectivity index (χ0n) is 18.5. The molecule has 7 nitrogen and oxygen atoms in total. The molecule has 4 rings (SSSR count). The van der Waals surface area contributed by atoms with E-state index in [1.165, 1.54) is 0 Å². The SMILES string of the molecule is CC[C@@]1(c2ccccc2)NC(=O)N(CC(=O)Nc2ccc(Oc3ccc(C)cc3)cc2)C1=O. The molecule has 1 aliphatic rings. The summed E-state index contributed by atoms with van der Waals surface area (Å²) in [5.41, 5.74) is 1.21. The second-order valence-electron chi connectivity index (χ2n) is 7.93. The van der Waals surface area contributed by atoms with Gasteiger partial charge in [-0.3, -0.25) is 14.5 Å². The van der Waals surface area contributed by atoms with Gasteiger partial charge in [0.1, 0.15) is 23.6 Å². The lowest BCUT2D eigenvalue weighted by atomic mass is 9.87. The van der Waals surface area contributed by atoms with Gasteiger partial charge in [-0.1, -0.05) is 55.0 Å². The maximum Gasteiger partial charge on any atom is 0.325 e. The molecule has 0 aromatic heterocycles. The fraction of sp³-hybridized carbons (Fsp3) is 0.192. The number of aryl methyl sites for hydroxylation is 1. The number of hydrogen-bond acceptors (Lipinski definition) is 4. The van der Waals surface area contributed by atoms with Crippen LogP contribution in [0.3, 0.4) is 0 Å². The number of imide groups is 1. The van der Waals surface area contributed by atoms with Crippen molar-refractivity contribution in [3.63, 3.8) is 0 Å². The first kappa shape index (κ1) is 22.1. The number of ether oxygens (including phenoxy) is 1. The molecule has 4 amide bonds. The van der Waals surface area contributed by atoms with Crippen LogP contribution < -0.4 is 15.4 Å². The molecule has 0 saturated carbocycles. The highest BCUT2D eigenvalue weighted by Crippen LogP contribution is 2.32. The molecule has 3 aromatic carbocycles. The van der Waals surface area contributed by atoms with Crippen LogP contribution in [0.4, 0.5) is 10.5 Å². The number of amides is 4. The van der Waals surface area contributed by atoms with Gasteiger partial charge in [0.05, 0.1) is 0 Å².